The molecule has 1 aliphatic rings. The monoisotopic (exact) mass is 263 g/mol. The first-order valence-corrected chi connectivity index (χ1v) is 7.20. The molecule has 1 aromatic heterocycles. The molecule has 0 N–H and O–H groups in total. The molecule has 4 heteroatoms. The highest BCUT2D eigenvalue weighted by molar-refractivity contribution is 5.03. The Morgan fingerprint density at radius 1 is 1.58 bits per heavy atom. The molecule has 0 unspecified atom stereocenters. The van der Waals surface area contributed by atoms with Crippen LogP contribution in [0.3, 0.4) is 0 Å². The quantitative estimate of drug-likeness (QED) is 0.708. The van der Waals surface area contributed by atoms with Gasteiger partial charge in [-0.3, -0.25) is 4.68 Å². The molecule has 0 saturated carbocycles. The Kier molecular flexibility index (Phi) is 5.61. The summed E-state index contributed by atoms with van der Waals surface area (Å²) in [5.41, 5.74) is 1.26. The number of hydrogen-bond acceptors (Lipinski definition) is 3. The maximum atomic E-state index is 5.76. The molecule has 0 bridgehead atoms. The van der Waals surface area contributed by atoms with Crippen molar-refractivity contribution in [1.29, 1.82) is 0 Å². The van der Waals surface area contributed by atoms with E-state index in [1.165, 1.54) is 24.8 Å². The summed E-state index contributed by atoms with van der Waals surface area (Å²) in [5.74, 6) is 0. The summed E-state index contributed by atoms with van der Waals surface area (Å²) in [6, 6.07) is 0. The van der Waals surface area contributed by atoms with E-state index >= 15 is 0 Å². The molecular formula is C15H25N3O. The largest absolute Gasteiger partial charge is 0.378 e. The van der Waals surface area contributed by atoms with Crippen LogP contribution in [0, 0.1) is 0 Å². The maximum absolute atomic E-state index is 5.76. The Labute approximate surface area is 116 Å². The molecule has 1 fully saturated rings. The Bertz CT molecular complexity index is 382. The predicted molar refractivity (Wildman–Crippen MR) is 77.0 cm³/mol. The summed E-state index contributed by atoms with van der Waals surface area (Å²) in [7, 11) is 2.16. The number of ether oxygens (including phenoxy) is 1. The van der Waals surface area contributed by atoms with E-state index in [9.17, 15) is 0 Å². The third-order valence-corrected chi connectivity index (χ3v) is 3.56. The first kappa shape index (κ1) is 14.3. The van der Waals surface area contributed by atoms with E-state index in [1.807, 2.05) is 17.0 Å². The van der Waals surface area contributed by atoms with Gasteiger partial charge in [-0.25, -0.2) is 0 Å². The summed E-state index contributed by atoms with van der Waals surface area (Å²) in [5, 5.41) is 4.30. The van der Waals surface area contributed by atoms with Crippen molar-refractivity contribution in [3.8, 4) is 0 Å². The normalized spacial score (nSPS) is 19.8. The van der Waals surface area contributed by atoms with Crippen LogP contribution in [0.2, 0.25) is 0 Å². The second-order valence-corrected chi connectivity index (χ2v) is 5.37. The van der Waals surface area contributed by atoms with Gasteiger partial charge in [-0.15, -0.1) is 6.58 Å². The van der Waals surface area contributed by atoms with Crippen LogP contribution in [-0.4, -0.2) is 41.0 Å². The summed E-state index contributed by atoms with van der Waals surface area (Å²) in [6.07, 6.45) is 11.3. The van der Waals surface area contributed by atoms with E-state index in [2.05, 4.69) is 29.8 Å². The summed E-state index contributed by atoms with van der Waals surface area (Å²) < 4.78 is 7.68. The standard InChI is InChI=1S/C15H25N3O/c1-3-8-18-13-14(11-16-18)12-17(2)9-7-15-6-4-5-10-19-15/h3,11,13,15H,1,4-10,12H2,2H3/t15-/m0/s1. The Hall–Kier alpha value is -1.13. The van der Waals surface area contributed by atoms with E-state index in [-0.39, 0.29) is 0 Å². The molecule has 0 spiro atoms. The molecule has 4 nitrogen and oxygen atoms in total. The zero-order valence-corrected chi connectivity index (χ0v) is 11.9. The van der Waals surface area contributed by atoms with Crippen LogP contribution in [-0.2, 0) is 17.8 Å². The van der Waals surface area contributed by atoms with Crippen molar-refractivity contribution in [2.75, 3.05) is 20.2 Å². The lowest BCUT2D eigenvalue weighted by atomic mass is 10.1. The molecule has 1 atom stereocenters. The fraction of sp³-hybridized carbons (Fsp3) is 0.667. The van der Waals surface area contributed by atoms with E-state index < -0.39 is 0 Å². The second kappa shape index (κ2) is 7.46. The number of hydrogen-bond donors (Lipinski definition) is 0. The zero-order chi connectivity index (χ0) is 13.5. The van der Waals surface area contributed by atoms with Crippen molar-refractivity contribution >= 4 is 0 Å². The van der Waals surface area contributed by atoms with Gasteiger partial charge in [0.15, 0.2) is 0 Å². The minimum atomic E-state index is 0.472. The molecule has 0 aromatic carbocycles. The molecule has 1 aromatic rings. The SMILES string of the molecule is C=CCn1cc(CN(C)CC[C@@H]2CCCCO2)cn1. The lowest BCUT2D eigenvalue weighted by molar-refractivity contribution is 0.00641. The van der Waals surface area contributed by atoms with Crippen molar-refractivity contribution in [2.24, 2.45) is 0 Å². The summed E-state index contributed by atoms with van der Waals surface area (Å²) >= 11 is 0. The average Bonchev–Trinajstić information content (AvgIpc) is 2.85. The average molecular weight is 263 g/mol. The van der Waals surface area contributed by atoms with Gasteiger partial charge in [-0.05, 0) is 32.7 Å². The van der Waals surface area contributed by atoms with Crippen LogP contribution >= 0.6 is 0 Å². The molecule has 0 aliphatic carbocycles. The van der Waals surface area contributed by atoms with Crippen LogP contribution in [0.25, 0.3) is 0 Å². The Morgan fingerprint density at radius 3 is 3.21 bits per heavy atom. The van der Waals surface area contributed by atoms with Crippen molar-refractivity contribution in [3.05, 3.63) is 30.6 Å². The minimum Gasteiger partial charge on any atom is -0.378 e. The van der Waals surface area contributed by atoms with Gasteiger partial charge in [0.1, 0.15) is 0 Å². The van der Waals surface area contributed by atoms with Crippen LogP contribution in [0.15, 0.2) is 25.0 Å². The third kappa shape index (κ3) is 4.80. The number of allylic oxidation sites excluding steroid dienone is 1. The van der Waals surface area contributed by atoms with Crippen molar-refractivity contribution in [2.45, 2.75) is 44.9 Å². The zero-order valence-electron chi connectivity index (χ0n) is 11.9. The highest BCUT2D eigenvalue weighted by Crippen LogP contribution is 2.16. The number of aromatic nitrogens is 2. The molecule has 0 radical (unpaired) electrons. The summed E-state index contributed by atoms with van der Waals surface area (Å²) in [4.78, 5) is 2.34. The molecule has 2 rings (SSSR count). The molecule has 2 heterocycles. The van der Waals surface area contributed by atoms with Gasteiger partial charge in [0.2, 0.25) is 0 Å². The number of rotatable bonds is 7. The summed E-state index contributed by atoms with van der Waals surface area (Å²) in [6.45, 7) is 7.48. The molecule has 106 valence electrons. The van der Waals surface area contributed by atoms with Crippen LogP contribution in [0.1, 0.15) is 31.2 Å². The second-order valence-electron chi connectivity index (χ2n) is 5.37. The fourth-order valence-electron chi connectivity index (χ4n) is 2.51. The Morgan fingerprint density at radius 2 is 2.47 bits per heavy atom. The minimum absolute atomic E-state index is 0.472. The van der Waals surface area contributed by atoms with Crippen LogP contribution in [0.5, 0.6) is 0 Å². The topological polar surface area (TPSA) is 30.3 Å². The van der Waals surface area contributed by atoms with Gasteiger partial charge in [0, 0.05) is 31.5 Å². The van der Waals surface area contributed by atoms with E-state index in [0.29, 0.717) is 6.10 Å². The Balaban J connectivity index is 1.70. The highest BCUT2D eigenvalue weighted by atomic mass is 16.5. The lowest BCUT2D eigenvalue weighted by Gasteiger charge is -2.25. The molecule has 1 saturated heterocycles. The molecule has 0 amide bonds. The van der Waals surface area contributed by atoms with E-state index in [0.717, 1.165) is 32.7 Å². The van der Waals surface area contributed by atoms with Gasteiger partial charge < -0.3 is 9.64 Å². The van der Waals surface area contributed by atoms with Crippen molar-refractivity contribution in [1.82, 2.24) is 14.7 Å². The fourth-order valence-corrected chi connectivity index (χ4v) is 2.51. The molecular weight excluding hydrogens is 238 g/mol. The van der Waals surface area contributed by atoms with Gasteiger partial charge in [-0.1, -0.05) is 6.08 Å². The maximum Gasteiger partial charge on any atom is 0.0587 e. The van der Waals surface area contributed by atoms with Gasteiger partial charge in [0.25, 0.3) is 0 Å². The first-order chi connectivity index (χ1) is 9.28. The third-order valence-electron chi connectivity index (χ3n) is 3.56. The smallest absolute Gasteiger partial charge is 0.0587 e. The van der Waals surface area contributed by atoms with Crippen LogP contribution in [0.4, 0.5) is 0 Å². The van der Waals surface area contributed by atoms with Gasteiger partial charge >= 0.3 is 0 Å². The van der Waals surface area contributed by atoms with Gasteiger partial charge in [0.05, 0.1) is 18.8 Å². The number of nitrogens with zero attached hydrogens (tertiary/aromatic N) is 3. The molecule has 19 heavy (non-hydrogen) atoms. The lowest BCUT2D eigenvalue weighted by Crippen LogP contribution is -2.26. The van der Waals surface area contributed by atoms with Crippen LogP contribution < -0.4 is 0 Å². The van der Waals surface area contributed by atoms with E-state index in [1.54, 1.807) is 0 Å². The van der Waals surface area contributed by atoms with E-state index in [4.69, 9.17) is 4.74 Å². The van der Waals surface area contributed by atoms with Crippen molar-refractivity contribution in [3.63, 3.8) is 0 Å². The first-order valence-electron chi connectivity index (χ1n) is 7.20. The predicted octanol–water partition coefficient (Wildman–Crippen LogP) is 2.46. The molecule has 1 aliphatic heterocycles. The highest BCUT2D eigenvalue weighted by Gasteiger charge is 2.14. The van der Waals surface area contributed by atoms with Crippen molar-refractivity contribution < 1.29 is 4.74 Å². The van der Waals surface area contributed by atoms with Gasteiger partial charge in [-0.2, -0.15) is 5.10 Å².